The minimum atomic E-state index is -0.635. The summed E-state index contributed by atoms with van der Waals surface area (Å²) in [5.41, 5.74) is 0. The molecule has 6 heteroatoms. The molecule has 6 nitrogen and oxygen atoms in total. The Hall–Kier alpha value is -2.11. The van der Waals surface area contributed by atoms with Gasteiger partial charge in [0.1, 0.15) is 10.7 Å². The van der Waals surface area contributed by atoms with Gasteiger partial charge >= 0.3 is 5.88 Å². The lowest BCUT2D eigenvalue weighted by molar-refractivity contribution is -0.402. The van der Waals surface area contributed by atoms with Crippen LogP contribution in [0.15, 0.2) is 22.6 Å². The van der Waals surface area contributed by atoms with E-state index in [1.54, 1.807) is 6.92 Å². The number of nitrogens with zero attached hydrogens (tertiary/aromatic N) is 1. The monoisotopic (exact) mass is 210 g/mol. The molecule has 0 spiro atoms. The van der Waals surface area contributed by atoms with E-state index in [1.165, 1.54) is 24.3 Å². The summed E-state index contributed by atoms with van der Waals surface area (Å²) in [7, 11) is 0. The Morgan fingerprint density at radius 3 is 2.93 bits per heavy atom. The maximum Gasteiger partial charge on any atom is 0.433 e. The zero-order chi connectivity index (χ0) is 11.3. The van der Waals surface area contributed by atoms with Gasteiger partial charge in [0.2, 0.25) is 5.91 Å². The van der Waals surface area contributed by atoms with Crippen molar-refractivity contribution in [3.63, 3.8) is 0 Å². The first-order chi connectivity index (χ1) is 7.13. The standard InChI is InChI=1S/C9H10N2O4/c1-2-10-8(12)5-3-7-4-6-9(15-7)11(13)14/h3-6H,2H2,1H3,(H,10,12)/b5-3-. The smallest absolute Gasteiger partial charge is 0.401 e. The highest BCUT2D eigenvalue weighted by molar-refractivity contribution is 5.91. The molecule has 0 saturated heterocycles. The van der Waals surface area contributed by atoms with Crippen molar-refractivity contribution in [1.29, 1.82) is 0 Å². The number of likely N-dealkylation sites (N-methyl/N-ethyl adjacent to an activating group) is 1. The highest BCUT2D eigenvalue weighted by atomic mass is 16.6. The van der Waals surface area contributed by atoms with Gasteiger partial charge in [-0.1, -0.05) is 0 Å². The Labute approximate surface area is 85.7 Å². The van der Waals surface area contributed by atoms with Crippen molar-refractivity contribution in [2.24, 2.45) is 0 Å². The third-order valence-corrected chi connectivity index (χ3v) is 1.54. The molecule has 80 valence electrons. The Balaban J connectivity index is 2.64. The first-order valence-electron chi connectivity index (χ1n) is 4.33. The van der Waals surface area contributed by atoms with Crippen molar-refractivity contribution in [3.05, 3.63) is 34.1 Å². The van der Waals surface area contributed by atoms with Crippen molar-refractivity contribution in [3.8, 4) is 0 Å². The van der Waals surface area contributed by atoms with Gasteiger partial charge in [0, 0.05) is 12.6 Å². The maximum atomic E-state index is 11.0. The number of nitro groups is 1. The fourth-order valence-corrected chi connectivity index (χ4v) is 0.921. The fourth-order valence-electron chi connectivity index (χ4n) is 0.921. The van der Waals surface area contributed by atoms with E-state index in [4.69, 9.17) is 4.42 Å². The molecular weight excluding hydrogens is 200 g/mol. The average Bonchev–Trinajstić information content (AvgIpc) is 2.63. The number of carbonyl (C=O) groups excluding carboxylic acids is 1. The van der Waals surface area contributed by atoms with Gasteiger partial charge in [-0.15, -0.1) is 0 Å². The van der Waals surface area contributed by atoms with Crippen LogP contribution in [0.2, 0.25) is 0 Å². The minimum Gasteiger partial charge on any atom is -0.401 e. The fraction of sp³-hybridized carbons (Fsp3) is 0.222. The number of carbonyl (C=O) groups is 1. The molecular formula is C9H10N2O4. The number of nitrogens with one attached hydrogen (secondary N) is 1. The van der Waals surface area contributed by atoms with Crippen LogP contribution in [0.1, 0.15) is 12.7 Å². The van der Waals surface area contributed by atoms with E-state index < -0.39 is 4.92 Å². The van der Waals surface area contributed by atoms with E-state index in [0.29, 0.717) is 6.54 Å². The van der Waals surface area contributed by atoms with Gasteiger partial charge in [-0.05, 0) is 19.1 Å². The molecule has 1 N–H and O–H groups in total. The summed E-state index contributed by atoms with van der Waals surface area (Å²) in [5.74, 6) is -0.338. The molecule has 0 aromatic carbocycles. The first kappa shape index (κ1) is 11.0. The maximum absolute atomic E-state index is 11.0. The van der Waals surface area contributed by atoms with Crippen LogP contribution in [0.4, 0.5) is 5.88 Å². The summed E-state index contributed by atoms with van der Waals surface area (Å²) in [6, 6.07) is 2.66. The summed E-state index contributed by atoms with van der Waals surface area (Å²) < 4.78 is 4.81. The molecule has 0 aliphatic carbocycles. The lowest BCUT2D eigenvalue weighted by atomic mass is 10.4. The van der Waals surface area contributed by atoms with Gasteiger partial charge in [-0.25, -0.2) is 0 Å². The van der Waals surface area contributed by atoms with Crippen molar-refractivity contribution < 1.29 is 14.1 Å². The topological polar surface area (TPSA) is 85.4 Å². The van der Waals surface area contributed by atoms with Crippen LogP contribution >= 0.6 is 0 Å². The highest BCUT2D eigenvalue weighted by Gasteiger charge is 2.09. The van der Waals surface area contributed by atoms with Gasteiger partial charge in [0.25, 0.3) is 0 Å². The third-order valence-electron chi connectivity index (χ3n) is 1.54. The van der Waals surface area contributed by atoms with Crippen molar-refractivity contribution >= 4 is 17.9 Å². The van der Waals surface area contributed by atoms with E-state index in [0.717, 1.165) is 0 Å². The minimum absolute atomic E-state index is 0.267. The molecule has 0 aliphatic heterocycles. The van der Waals surface area contributed by atoms with E-state index in [9.17, 15) is 14.9 Å². The molecule has 0 radical (unpaired) electrons. The zero-order valence-corrected chi connectivity index (χ0v) is 8.10. The molecule has 1 rings (SSSR count). The molecule has 0 aliphatic rings. The van der Waals surface area contributed by atoms with E-state index >= 15 is 0 Å². The number of hydrogen-bond donors (Lipinski definition) is 1. The summed E-state index contributed by atoms with van der Waals surface area (Å²) >= 11 is 0. The second-order valence-electron chi connectivity index (χ2n) is 2.66. The molecule has 15 heavy (non-hydrogen) atoms. The SMILES string of the molecule is CCNC(=O)/C=C\c1ccc([N+](=O)[O-])o1. The van der Waals surface area contributed by atoms with Crippen LogP contribution in [-0.2, 0) is 4.79 Å². The Bertz CT molecular complexity index is 395. The zero-order valence-electron chi connectivity index (χ0n) is 8.10. The van der Waals surface area contributed by atoms with E-state index in [-0.39, 0.29) is 17.6 Å². The van der Waals surface area contributed by atoms with Crippen molar-refractivity contribution in [1.82, 2.24) is 5.32 Å². The quantitative estimate of drug-likeness (QED) is 0.461. The Kier molecular flexibility index (Phi) is 3.61. The molecule has 0 saturated carbocycles. The van der Waals surface area contributed by atoms with E-state index in [2.05, 4.69) is 5.32 Å². The predicted octanol–water partition coefficient (Wildman–Crippen LogP) is 1.34. The van der Waals surface area contributed by atoms with Gasteiger partial charge in [0.05, 0.1) is 6.07 Å². The van der Waals surface area contributed by atoms with Gasteiger partial charge in [-0.3, -0.25) is 14.9 Å². The summed E-state index contributed by atoms with van der Waals surface area (Å²) in [5, 5.41) is 12.8. The second kappa shape index (κ2) is 4.94. The molecule has 1 amide bonds. The second-order valence-corrected chi connectivity index (χ2v) is 2.66. The number of amides is 1. The highest BCUT2D eigenvalue weighted by Crippen LogP contribution is 2.16. The lowest BCUT2D eigenvalue weighted by Gasteiger charge is -1.92. The number of rotatable bonds is 4. The molecule has 1 aromatic heterocycles. The van der Waals surface area contributed by atoms with Crippen LogP contribution in [0.3, 0.4) is 0 Å². The summed E-state index contributed by atoms with van der Waals surface area (Å²) in [6.45, 7) is 2.32. The summed E-state index contributed by atoms with van der Waals surface area (Å²) in [6.07, 6.45) is 2.63. The first-order valence-corrected chi connectivity index (χ1v) is 4.33. The third kappa shape index (κ3) is 3.26. The van der Waals surface area contributed by atoms with Gasteiger partial charge < -0.3 is 9.73 Å². The Morgan fingerprint density at radius 1 is 1.67 bits per heavy atom. The van der Waals surface area contributed by atoms with Crippen LogP contribution in [0, 0.1) is 10.1 Å². The Morgan fingerprint density at radius 2 is 2.40 bits per heavy atom. The molecule has 1 heterocycles. The number of hydrogen-bond acceptors (Lipinski definition) is 4. The molecule has 0 atom stereocenters. The van der Waals surface area contributed by atoms with Crippen LogP contribution in [-0.4, -0.2) is 17.4 Å². The summed E-state index contributed by atoms with van der Waals surface area (Å²) in [4.78, 5) is 20.6. The van der Waals surface area contributed by atoms with Gasteiger partial charge in [0.15, 0.2) is 0 Å². The van der Waals surface area contributed by atoms with E-state index in [1.807, 2.05) is 0 Å². The van der Waals surface area contributed by atoms with Crippen LogP contribution in [0.5, 0.6) is 0 Å². The van der Waals surface area contributed by atoms with Crippen molar-refractivity contribution in [2.45, 2.75) is 6.92 Å². The number of furan rings is 1. The van der Waals surface area contributed by atoms with Crippen molar-refractivity contribution in [2.75, 3.05) is 6.54 Å². The van der Waals surface area contributed by atoms with Gasteiger partial charge in [-0.2, -0.15) is 0 Å². The molecule has 0 fully saturated rings. The van der Waals surface area contributed by atoms with Crippen LogP contribution in [0.25, 0.3) is 6.08 Å². The normalized spacial score (nSPS) is 10.5. The molecule has 0 unspecified atom stereocenters. The average molecular weight is 210 g/mol. The largest absolute Gasteiger partial charge is 0.433 e. The molecule has 0 bridgehead atoms. The van der Waals surface area contributed by atoms with Crippen LogP contribution < -0.4 is 5.32 Å². The lowest BCUT2D eigenvalue weighted by Crippen LogP contribution is -2.19. The molecule has 1 aromatic rings. The predicted molar refractivity (Wildman–Crippen MR) is 53.1 cm³/mol.